The fourth-order valence-corrected chi connectivity index (χ4v) is 5.78. The highest BCUT2D eigenvalue weighted by molar-refractivity contribution is 6.02. The lowest BCUT2D eigenvalue weighted by molar-refractivity contribution is -0.161. The molecule has 4 aromatic heterocycles. The molecule has 4 heterocycles. The van der Waals surface area contributed by atoms with Gasteiger partial charge in [0.25, 0.3) is 11.1 Å². The summed E-state index contributed by atoms with van der Waals surface area (Å²) in [6.07, 6.45) is 6.24. The molecule has 0 saturated heterocycles. The molecule has 0 aliphatic heterocycles. The molecule has 3 N–H and O–H groups in total. The standard InChI is InChI=1S/C25H28N4O5.C19H18N4O3/c1-6-29-22(30)21(27-18-11-8-12-26-14-18)19(20(28-29)17-10-7-9-16(2)13-17)23(31)33-15-34-24(32)25(3,4)5;1-3-23-18(24)17(21-14-8-5-9-20-11-14)15(19(25)26)16(22-23)13-7-4-6-12(2)10-13/h7-14,27H,6,15H2,1-5H3;4-11,21H,3H2,1-2H3,(H,25,26). The summed E-state index contributed by atoms with van der Waals surface area (Å²) in [5.41, 5.74) is 2.74. The SMILES string of the molecule is CCn1nc(-c2cccc(C)c2)c(C(=O)O)c(Nc2cccnc2)c1=O.CCn1nc(-c2cccc(C)c2)c(C(=O)OCOC(=O)C(C)(C)C)c(Nc2cccnc2)c1=O. The van der Waals surface area contributed by atoms with Gasteiger partial charge in [-0.15, -0.1) is 0 Å². The topological polar surface area (TPSA) is 210 Å². The average Bonchev–Trinajstić information content (AvgIpc) is 3.22. The fraction of sp³-hybridized carbons (Fsp3) is 0.250. The van der Waals surface area contributed by atoms with Crippen molar-refractivity contribution in [2.24, 2.45) is 5.41 Å². The largest absolute Gasteiger partial charge is 0.478 e. The molecule has 16 nitrogen and oxygen atoms in total. The molecular weight excluding hydrogens is 769 g/mol. The van der Waals surface area contributed by atoms with Crippen molar-refractivity contribution in [2.45, 2.75) is 61.6 Å². The van der Waals surface area contributed by atoms with Crippen LogP contribution in [0, 0.1) is 19.3 Å². The highest BCUT2D eigenvalue weighted by atomic mass is 16.7. The van der Waals surface area contributed by atoms with Crippen molar-refractivity contribution in [3.8, 4) is 22.5 Å². The number of aromatic nitrogens is 6. The molecule has 0 fully saturated rings. The third-order valence-electron chi connectivity index (χ3n) is 8.77. The molecule has 6 aromatic rings. The summed E-state index contributed by atoms with van der Waals surface area (Å²) in [5, 5.41) is 24.4. The van der Waals surface area contributed by atoms with Crippen molar-refractivity contribution in [2.75, 3.05) is 17.4 Å². The highest BCUT2D eigenvalue weighted by Gasteiger charge is 2.28. The van der Waals surface area contributed by atoms with E-state index in [1.54, 1.807) is 83.4 Å². The number of nitrogens with one attached hydrogen (secondary N) is 2. The number of hydrogen-bond donors (Lipinski definition) is 3. The predicted molar refractivity (Wildman–Crippen MR) is 227 cm³/mol. The molecule has 0 radical (unpaired) electrons. The molecule has 0 saturated carbocycles. The number of aryl methyl sites for hydroxylation is 4. The Bertz CT molecular complexity index is 2620. The molecule has 6 rings (SSSR count). The van der Waals surface area contributed by atoms with Gasteiger partial charge in [-0.25, -0.2) is 19.0 Å². The Balaban J connectivity index is 0.000000236. The first kappa shape index (κ1) is 43.6. The van der Waals surface area contributed by atoms with Crippen molar-refractivity contribution < 1.29 is 29.0 Å². The normalized spacial score (nSPS) is 10.8. The van der Waals surface area contributed by atoms with Crippen LogP contribution in [0.4, 0.5) is 22.7 Å². The molecule has 0 atom stereocenters. The van der Waals surface area contributed by atoms with Crippen LogP contribution in [0.1, 0.15) is 66.5 Å². The van der Waals surface area contributed by atoms with Crippen LogP contribution in [-0.4, -0.2) is 59.3 Å². The zero-order chi connectivity index (χ0) is 43.6. The number of hydrogen-bond acceptors (Lipinski definition) is 13. The van der Waals surface area contributed by atoms with Gasteiger partial charge in [-0.05, 0) is 84.9 Å². The van der Waals surface area contributed by atoms with E-state index in [2.05, 4.69) is 30.8 Å². The number of anilines is 4. The average molecular weight is 815 g/mol. The van der Waals surface area contributed by atoms with E-state index in [1.807, 2.05) is 50.2 Å². The third-order valence-corrected chi connectivity index (χ3v) is 8.77. The van der Waals surface area contributed by atoms with Gasteiger partial charge in [0.05, 0.1) is 29.2 Å². The second kappa shape index (κ2) is 19.3. The van der Waals surface area contributed by atoms with Crippen molar-refractivity contribution >= 4 is 40.7 Å². The summed E-state index contributed by atoms with van der Waals surface area (Å²) in [5.74, 6) is -2.59. The van der Waals surface area contributed by atoms with Gasteiger partial charge < -0.3 is 25.2 Å². The summed E-state index contributed by atoms with van der Waals surface area (Å²) in [6.45, 7) is 12.5. The lowest BCUT2D eigenvalue weighted by Gasteiger charge is -2.18. The van der Waals surface area contributed by atoms with Crippen LogP contribution in [0.2, 0.25) is 0 Å². The summed E-state index contributed by atoms with van der Waals surface area (Å²) in [7, 11) is 0. The predicted octanol–water partition coefficient (Wildman–Crippen LogP) is 7.16. The second-order valence-corrected chi connectivity index (χ2v) is 14.4. The van der Waals surface area contributed by atoms with Crippen LogP contribution >= 0.6 is 0 Å². The Hall–Kier alpha value is -7.49. The second-order valence-electron chi connectivity index (χ2n) is 14.4. The lowest BCUT2D eigenvalue weighted by Crippen LogP contribution is -2.29. The van der Waals surface area contributed by atoms with E-state index in [0.29, 0.717) is 29.0 Å². The first-order valence-electron chi connectivity index (χ1n) is 19.0. The Morgan fingerprint density at radius 1 is 0.683 bits per heavy atom. The first-order chi connectivity index (χ1) is 28.6. The summed E-state index contributed by atoms with van der Waals surface area (Å²) < 4.78 is 12.9. The van der Waals surface area contributed by atoms with Gasteiger partial charge in [0.1, 0.15) is 33.9 Å². The van der Waals surface area contributed by atoms with E-state index in [1.165, 1.54) is 21.8 Å². The monoisotopic (exact) mass is 814 g/mol. The van der Waals surface area contributed by atoms with Gasteiger partial charge in [-0.2, -0.15) is 10.2 Å². The maximum absolute atomic E-state index is 13.3. The minimum Gasteiger partial charge on any atom is -0.478 e. The van der Waals surface area contributed by atoms with Crippen LogP contribution < -0.4 is 21.8 Å². The quantitative estimate of drug-likeness (QED) is 0.0828. The minimum absolute atomic E-state index is 0.00601. The van der Waals surface area contributed by atoms with E-state index in [-0.39, 0.29) is 40.4 Å². The lowest BCUT2D eigenvalue weighted by atomic mass is 9.98. The Kier molecular flexibility index (Phi) is 14.0. The van der Waals surface area contributed by atoms with Gasteiger partial charge in [0.2, 0.25) is 6.79 Å². The number of benzene rings is 2. The van der Waals surface area contributed by atoms with Crippen LogP contribution in [0.3, 0.4) is 0 Å². The summed E-state index contributed by atoms with van der Waals surface area (Å²) in [4.78, 5) is 71.3. The molecule has 2 aromatic carbocycles. The van der Waals surface area contributed by atoms with Crippen molar-refractivity contribution in [3.05, 3.63) is 141 Å². The van der Waals surface area contributed by atoms with Gasteiger partial charge in [-0.1, -0.05) is 47.5 Å². The van der Waals surface area contributed by atoms with Gasteiger partial charge in [0, 0.05) is 36.6 Å². The zero-order valence-corrected chi connectivity index (χ0v) is 34.3. The fourth-order valence-electron chi connectivity index (χ4n) is 5.78. The number of carboxylic acids is 1. The summed E-state index contributed by atoms with van der Waals surface area (Å²) >= 11 is 0. The van der Waals surface area contributed by atoms with Crippen LogP contribution in [0.5, 0.6) is 0 Å². The molecule has 0 spiro atoms. The number of nitrogens with zero attached hydrogens (tertiary/aromatic N) is 6. The number of rotatable bonds is 12. The van der Waals surface area contributed by atoms with E-state index in [0.717, 1.165) is 11.1 Å². The molecular formula is C44H46N8O8. The molecule has 0 unspecified atom stereocenters. The number of aromatic carboxylic acids is 1. The number of carboxylic acid groups (broad SMARTS) is 1. The van der Waals surface area contributed by atoms with Gasteiger partial charge in [-0.3, -0.25) is 24.4 Å². The third kappa shape index (κ3) is 10.5. The van der Waals surface area contributed by atoms with Gasteiger partial charge >= 0.3 is 17.9 Å². The van der Waals surface area contributed by atoms with Crippen LogP contribution in [0.15, 0.2) is 107 Å². The number of ether oxygens (including phenoxy) is 2. The van der Waals surface area contributed by atoms with E-state index < -0.39 is 41.2 Å². The molecule has 310 valence electrons. The molecule has 0 aliphatic rings. The van der Waals surface area contributed by atoms with Gasteiger partial charge in [0.15, 0.2) is 0 Å². The minimum atomic E-state index is -1.22. The van der Waals surface area contributed by atoms with E-state index in [9.17, 15) is 29.1 Å². The van der Waals surface area contributed by atoms with E-state index >= 15 is 0 Å². The molecule has 16 heteroatoms. The Labute approximate surface area is 345 Å². The zero-order valence-electron chi connectivity index (χ0n) is 34.3. The number of pyridine rings is 2. The van der Waals surface area contributed by atoms with Crippen molar-refractivity contribution in [3.63, 3.8) is 0 Å². The number of carbonyl (C=O) groups is 3. The maximum Gasteiger partial charge on any atom is 0.345 e. The van der Waals surface area contributed by atoms with Crippen molar-refractivity contribution in [1.29, 1.82) is 0 Å². The van der Waals surface area contributed by atoms with Crippen LogP contribution in [0.25, 0.3) is 22.5 Å². The number of esters is 2. The molecule has 60 heavy (non-hydrogen) atoms. The van der Waals surface area contributed by atoms with E-state index in [4.69, 9.17) is 9.47 Å². The summed E-state index contributed by atoms with van der Waals surface area (Å²) in [6, 6.07) is 21.6. The first-order valence-corrected chi connectivity index (χ1v) is 19.0. The molecule has 0 aliphatic carbocycles. The Morgan fingerprint density at radius 2 is 1.15 bits per heavy atom. The number of carbonyl (C=O) groups excluding carboxylic acids is 2. The van der Waals surface area contributed by atoms with Crippen LogP contribution in [-0.2, 0) is 27.4 Å². The Morgan fingerprint density at radius 3 is 1.55 bits per heavy atom. The highest BCUT2D eigenvalue weighted by Crippen LogP contribution is 2.30. The smallest absolute Gasteiger partial charge is 0.345 e. The molecule has 0 bridgehead atoms. The molecule has 0 amide bonds. The maximum atomic E-state index is 13.3. The van der Waals surface area contributed by atoms with Crippen molar-refractivity contribution in [1.82, 2.24) is 29.5 Å².